The summed E-state index contributed by atoms with van der Waals surface area (Å²) in [4.78, 5) is 12.9. The summed E-state index contributed by atoms with van der Waals surface area (Å²) in [7, 11) is 0. The minimum atomic E-state index is 0.409. The molecule has 0 radical (unpaired) electrons. The van der Waals surface area contributed by atoms with Crippen molar-refractivity contribution in [2.24, 2.45) is 5.92 Å². The van der Waals surface area contributed by atoms with Crippen LogP contribution in [-0.4, -0.2) is 19.4 Å². The van der Waals surface area contributed by atoms with Gasteiger partial charge in [0, 0.05) is 19.2 Å². The van der Waals surface area contributed by atoms with Gasteiger partial charge in [0.05, 0.1) is 0 Å². The lowest BCUT2D eigenvalue weighted by Crippen LogP contribution is -2.34. The number of furan rings is 1. The maximum Gasteiger partial charge on any atom is 0.196 e. The van der Waals surface area contributed by atoms with Crippen LogP contribution in [0.1, 0.15) is 29.0 Å². The topological polar surface area (TPSA) is 33.5 Å². The summed E-state index contributed by atoms with van der Waals surface area (Å²) in [6, 6.07) is 14.3. The van der Waals surface area contributed by atoms with Gasteiger partial charge in [-0.15, -0.1) is 0 Å². The third-order valence-electron chi connectivity index (χ3n) is 4.02. The normalized spacial score (nSPS) is 16.3. The van der Waals surface area contributed by atoms with Crippen molar-refractivity contribution in [1.82, 2.24) is 0 Å². The van der Waals surface area contributed by atoms with Gasteiger partial charge in [-0.05, 0) is 36.8 Å². The lowest BCUT2D eigenvalue weighted by atomic mass is 9.90. The number of aldehydes is 1. The van der Waals surface area contributed by atoms with Crippen molar-refractivity contribution in [2.75, 3.05) is 18.0 Å². The van der Waals surface area contributed by atoms with Crippen LogP contribution >= 0.6 is 0 Å². The monoisotopic (exact) mass is 269 g/mol. The van der Waals surface area contributed by atoms with Crippen LogP contribution in [0.25, 0.3) is 0 Å². The zero-order valence-corrected chi connectivity index (χ0v) is 11.5. The van der Waals surface area contributed by atoms with Crippen molar-refractivity contribution < 1.29 is 9.21 Å². The highest BCUT2D eigenvalue weighted by Crippen LogP contribution is 2.26. The fraction of sp³-hybridized carbons (Fsp3) is 0.353. The van der Waals surface area contributed by atoms with Crippen molar-refractivity contribution in [2.45, 2.75) is 19.3 Å². The standard InChI is InChI=1S/C17H19NO2/c19-13-16-6-7-17(20-16)18-10-8-15(9-11-18)12-14-4-2-1-3-5-14/h1-7,13,15H,8-12H2. The highest BCUT2D eigenvalue weighted by atomic mass is 16.4. The maximum absolute atomic E-state index is 10.6. The fourth-order valence-electron chi connectivity index (χ4n) is 2.88. The number of nitrogens with zero attached hydrogens (tertiary/aromatic N) is 1. The van der Waals surface area contributed by atoms with Crippen molar-refractivity contribution in [3.63, 3.8) is 0 Å². The third kappa shape index (κ3) is 2.93. The second kappa shape index (κ2) is 5.95. The Hall–Kier alpha value is -2.03. The summed E-state index contributed by atoms with van der Waals surface area (Å²) < 4.78 is 5.48. The van der Waals surface area contributed by atoms with Crippen molar-refractivity contribution >= 4 is 12.2 Å². The molecule has 3 heteroatoms. The molecular weight excluding hydrogens is 250 g/mol. The Morgan fingerprint density at radius 2 is 1.85 bits per heavy atom. The van der Waals surface area contributed by atoms with E-state index in [1.807, 2.05) is 6.07 Å². The number of hydrogen-bond donors (Lipinski definition) is 0. The molecule has 1 fully saturated rings. The van der Waals surface area contributed by atoms with E-state index in [0.717, 1.165) is 37.6 Å². The molecule has 0 atom stereocenters. The molecule has 0 amide bonds. The smallest absolute Gasteiger partial charge is 0.196 e. The molecule has 1 aliphatic rings. The molecule has 0 saturated carbocycles. The zero-order chi connectivity index (χ0) is 13.8. The van der Waals surface area contributed by atoms with Crippen molar-refractivity contribution in [3.05, 3.63) is 53.8 Å². The van der Waals surface area contributed by atoms with Crippen LogP contribution in [0.4, 0.5) is 5.88 Å². The van der Waals surface area contributed by atoms with E-state index < -0.39 is 0 Å². The SMILES string of the molecule is O=Cc1ccc(N2CCC(Cc3ccccc3)CC2)o1. The molecular formula is C17H19NO2. The molecule has 1 aliphatic heterocycles. The van der Waals surface area contributed by atoms with Gasteiger partial charge in [-0.1, -0.05) is 30.3 Å². The van der Waals surface area contributed by atoms with Gasteiger partial charge in [0.15, 0.2) is 17.9 Å². The Labute approximate surface area is 119 Å². The van der Waals surface area contributed by atoms with Crippen molar-refractivity contribution in [1.29, 1.82) is 0 Å². The summed E-state index contributed by atoms with van der Waals surface area (Å²) in [5, 5.41) is 0. The predicted octanol–water partition coefficient (Wildman–Crippen LogP) is 3.55. The molecule has 1 aromatic carbocycles. The molecule has 2 heterocycles. The van der Waals surface area contributed by atoms with E-state index in [-0.39, 0.29) is 0 Å². The first-order chi connectivity index (χ1) is 9.85. The Bertz CT molecular complexity index is 553. The Morgan fingerprint density at radius 3 is 2.50 bits per heavy atom. The predicted molar refractivity (Wildman–Crippen MR) is 79.2 cm³/mol. The number of rotatable bonds is 4. The molecule has 3 nitrogen and oxygen atoms in total. The number of hydrogen-bond acceptors (Lipinski definition) is 3. The molecule has 20 heavy (non-hydrogen) atoms. The van der Waals surface area contributed by atoms with Gasteiger partial charge in [0.1, 0.15) is 0 Å². The molecule has 1 aromatic heterocycles. The maximum atomic E-state index is 10.6. The van der Waals surface area contributed by atoms with E-state index in [2.05, 4.69) is 35.2 Å². The van der Waals surface area contributed by atoms with E-state index in [0.29, 0.717) is 5.76 Å². The van der Waals surface area contributed by atoms with E-state index in [9.17, 15) is 4.79 Å². The molecule has 104 valence electrons. The Kier molecular flexibility index (Phi) is 3.86. The number of carbonyl (C=O) groups excluding carboxylic acids is 1. The fourth-order valence-corrected chi connectivity index (χ4v) is 2.88. The van der Waals surface area contributed by atoms with E-state index in [1.54, 1.807) is 6.07 Å². The molecule has 0 spiro atoms. The average molecular weight is 269 g/mol. The second-order valence-electron chi connectivity index (χ2n) is 5.41. The van der Waals surface area contributed by atoms with Gasteiger partial charge >= 0.3 is 0 Å². The minimum absolute atomic E-state index is 0.409. The average Bonchev–Trinajstić information content (AvgIpc) is 2.98. The lowest BCUT2D eigenvalue weighted by molar-refractivity contribution is 0.110. The Balaban J connectivity index is 1.55. The zero-order valence-electron chi connectivity index (χ0n) is 11.5. The largest absolute Gasteiger partial charge is 0.438 e. The van der Waals surface area contributed by atoms with E-state index >= 15 is 0 Å². The van der Waals surface area contributed by atoms with Gasteiger partial charge < -0.3 is 9.32 Å². The first-order valence-corrected chi connectivity index (χ1v) is 7.19. The van der Waals surface area contributed by atoms with Crippen LogP contribution in [0.3, 0.4) is 0 Å². The summed E-state index contributed by atoms with van der Waals surface area (Å²) in [6.07, 6.45) is 4.26. The quantitative estimate of drug-likeness (QED) is 0.796. The first kappa shape index (κ1) is 13.0. The summed E-state index contributed by atoms with van der Waals surface area (Å²) >= 11 is 0. The van der Waals surface area contributed by atoms with Gasteiger partial charge in [-0.3, -0.25) is 4.79 Å². The Morgan fingerprint density at radius 1 is 1.10 bits per heavy atom. The highest BCUT2D eigenvalue weighted by Gasteiger charge is 2.21. The summed E-state index contributed by atoms with van der Waals surface area (Å²) in [5.41, 5.74) is 1.42. The van der Waals surface area contributed by atoms with Gasteiger partial charge in [0.25, 0.3) is 0 Å². The molecule has 0 bridgehead atoms. The van der Waals surface area contributed by atoms with Crippen LogP contribution in [0.5, 0.6) is 0 Å². The van der Waals surface area contributed by atoms with E-state index in [1.165, 1.54) is 18.4 Å². The van der Waals surface area contributed by atoms with Crippen LogP contribution in [0.15, 0.2) is 46.9 Å². The van der Waals surface area contributed by atoms with E-state index in [4.69, 9.17) is 4.42 Å². The first-order valence-electron chi connectivity index (χ1n) is 7.19. The number of carbonyl (C=O) groups is 1. The second-order valence-corrected chi connectivity index (χ2v) is 5.41. The van der Waals surface area contributed by atoms with Crippen LogP contribution in [0, 0.1) is 5.92 Å². The van der Waals surface area contributed by atoms with Gasteiger partial charge in [-0.2, -0.15) is 0 Å². The highest BCUT2D eigenvalue weighted by molar-refractivity contribution is 5.71. The van der Waals surface area contributed by atoms with Crippen LogP contribution in [-0.2, 0) is 6.42 Å². The van der Waals surface area contributed by atoms with Crippen molar-refractivity contribution in [3.8, 4) is 0 Å². The molecule has 0 aliphatic carbocycles. The van der Waals surface area contributed by atoms with Crippen LogP contribution in [0.2, 0.25) is 0 Å². The minimum Gasteiger partial charge on any atom is -0.438 e. The number of anilines is 1. The molecule has 0 unspecified atom stereocenters. The van der Waals surface area contributed by atoms with Crippen LogP contribution < -0.4 is 4.90 Å². The molecule has 2 aromatic rings. The molecule has 0 N–H and O–H groups in total. The number of benzene rings is 1. The van der Waals surface area contributed by atoms with Gasteiger partial charge in [0.2, 0.25) is 0 Å². The molecule has 3 rings (SSSR count). The lowest BCUT2D eigenvalue weighted by Gasteiger charge is -2.31. The third-order valence-corrected chi connectivity index (χ3v) is 4.02. The van der Waals surface area contributed by atoms with Gasteiger partial charge in [-0.25, -0.2) is 0 Å². The summed E-state index contributed by atoms with van der Waals surface area (Å²) in [6.45, 7) is 2.01. The summed E-state index contributed by atoms with van der Waals surface area (Å²) in [5.74, 6) is 1.98. The number of piperidine rings is 1. The molecule has 1 saturated heterocycles.